The van der Waals surface area contributed by atoms with Crippen molar-refractivity contribution in [3.8, 4) is 0 Å². The fourth-order valence-corrected chi connectivity index (χ4v) is 1.87. The Morgan fingerprint density at radius 1 is 1.28 bits per heavy atom. The molecule has 0 saturated carbocycles. The van der Waals surface area contributed by atoms with Crippen LogP contribution in [-0.2, 0) is 11.3 Å². The molecule has 1 aromatic carbocycles. The van der Waals surface area contributed by atoms with Crippen LogP contribution >= 0.6 is 0 Å². The summed E-state index contributed by atoms with van der Waals surface area (Å²) in [5, 5.41) is 9.76. The molecule has 0 aromatic heterocycles. The molecule has 1 rings (SSSR count). The first-order valence-electron chi connectivity index (χ1n) is 6.63. The summed E-state index contributed by atoms with van der Waals surface area (Å²) >= 11 is 0. The summed E-state index contributed by atoms with van der Waals surface area (Å²) in [7, 11) is 0. The van der Waals surface area contributed by atoms with Crippen molar-refractivity contribution in [2.24, 2.45) is 5.92 Å². The second kappa shape index (κ2) is 8.90. The first kappa shape index (κ1) is 14.9. The van der Waals surface area contributed by atoms with Crippen LogP contribution in [0.1, 0.15) is 32.3 Å². The van der Waals surface area contributed by atoms with Gasteiger partial charge in [-0.25, -0.2) is 0 Å². The van der Waals surface area contributed by atoms with Crippen LogP contribution in [0.25, 0.3) is 0 Å². The summed E-state index contributed by atoms with van der Waals surface area (Å²) in [6.07, 6.45) is 5.25. The van der Waals surface area contributed by atoms with Gasteiger partial charge in [-0.15, -0.1) is 0 Å². The molecular weight excluding hydrogens is 224 g/mol. The fraction of sp³-hybridized carbons (Fsp3) is 0.500. The SMILES string of the molecule is C/C=C/C[C@@H](O)C[C@@H](C)COCc1ccccc1. The molecule has 1 N–H and O–H groups in total. The van der Waals surface area contributed by atoms with E-state index in [2.05, 4.69) is 19.1 Å². The second-order valence-electron chi connectivity index (χ2n) is 4.80. The number of aliphatic hydroxyl groups excluding tert-OH is 1. The number of hydrogen-bond donors (Lipinski definition) is 1. The van der Waals surface area contributed by atoms with Crippen LogP contribution < -0.4 is 0 Å². The first-order chi connectivity index (χ1) is 8.72. The predicted molar refractivity (Wildman–Crippen MR) is 75.3 cm³/mol. The van der Waals surface area contributed by atoms with Gasteiger partial charge in [-0.05, 0) is 31.2 Å². The Hall–Kier alpha value is -1.12. The third-order valence-corrected chi connectivity index (χ3v) is 2.83. The molecular formula is C16H24O2. The van der Waals surface area contributed by atoms with Crippen molar-refractivity contribution in [3.05, 3.63) is 48.0 Å². The lowest BCUT2D eigenvalue weighted by molar-refractivity contribution is 0.0658. The fourth-order valence-electron chi connectivity index (χ4n) is 1.87. The number of hydrogen-bond acceptors (Lipinski definition) is 2. The van der Waals surface area contributed by atoms with E-state index in [1.165, 1.54) is 5.56 Å². The third-order valence-electron chi connectivity index (χ3n) is 2.83. The van der Waals surface area contributed by atoms with Gasteiger partial charge < -0.3 is 9.84 Å². The zero-order chi connectivity index (χ0) is 13.2. The van der Waals surface area contributed by atoms with Gasteiger partial charge >= 0.3 is 0 Å². The summed E-state index contributed by atoms with van der Waals surface area (Å²) in [4.78, 5) is 0. The molecule has 0 heterocycles. The summed E-state index contributed by atoms with van der Waals surface area (Å²) < 4.78 is 5.66. The Kier molecular flexibility index (Phi) is 7.38. The van der Waals surface area contributed by atoms with Gasteiger partial charge in [-0.2, -0.15) is 0 Å². The van der Waals surface area contributed by atoms with E-state index in [9.17, 15) is 5.11 Å². The maximum absolute atomic E-state index is 9.76. The monoisotopic (exact) mass is 248 g/mol. The van der Waals surface area contributed by atoms with E-state index in [-0.39, 0.29) is 6.10 Å². The van der Waals surface area contributed by atoms with Crippen LogP contribution in [-0.4, -0.2) is 17.8 Å². The Morgan fingerprint density at radius 3 is 2.67 bits per heavy atom. The molecule has 100 valence electrons. The smallest absolute Gasteiger partial charge is 0.0717 e. The summed E-state index contributed by atoms with van der Waals surface area (Å²) in [5.74, 6) is 0.383. The summed E-state index contributed by atoms with van der Waals surface area (Å²) in [6, 6.07) is 10.2. The van der Waals surface area contributed by atoms with Crippen molar-refractivity contribution in [2.75, 3.05) is 6.61 Å². The van der Waals surface area contributed by atoms with Crippen LogP contribution in [0.4, 0.5) is 0 Å². The van der Waals surface area contributed by atoms with E-state index in [0.29, 0.717) is 19.1 Å². The van der Waals surface area contributed by atoms with E-state index in [1.807, 2.05) is 37.3 Å². The highest BCUT2D eigenvalue weighted by Crippen LogP contribution is 2.11. The van der Waals surface area contributed by atoms with Gasteiger partial charge in [0.25, 0.3) is 0 Å². The van der Waals surface area contributed by atoms with Crippen LogP contribution in [0, 0.1) is 5.92 Å². The Balaban J connectivity index is 2.15. The number of aliphatic hydroxyl groups is 1. The normalized spacial score (nSPS) is 14.8. The van der Waals surface area contributed by atoms with E-state index < -0.39 is 0 Å². The lowest BCUT2D eigenvalue weighted by atomic mass is 10.0. The molecule has 0 fully saturated rings. The molecule has 0 bridgehead atoms. The zero-order valence-corrected chi connectivity index (χ0v) is 11.4. The summed E-state index contributed by atoms with van der Waals surface area (Å²) in [6.45, 7) is 5.43. The Labute approximate surface area is 110 Å². The maximum Gasteiger partial charge on any atom is 0.0717 e. The lowest BCUT2D eigenvalue weighted by Gasteiger charge is -2.15. The van der Waals surface area contributed by atoms with Gasteiger partial charge in [0.2, 0.25) is 0 Å². The van der Waals surface area contributed by atoms with Gasteiger partial charge in [0.15, 0.2) is 0 Å². The number of allylic oxidation sites excluding steroid dienone is 1. The minimum absolute atomic E-state index is 0.253. The van der Waals surface area contributed by atoms with Crippen molar-refractivity contribution in [2.45, 2.75) is 39.4 Å². The summed E-state index contributed by atoms with van der Waals surface area (Å²) in [5.41, 5.74) is 1.19. The van der Waals surface area contributed by atoms with E-state index in [4.69, 9.17) is 4.74 Å². The number of ether oxygens (including phenoxy) is 1. The van der Waals surface area contributed by atoms with Crippen molar-refractivity contribution in [3.63, 3.8) is 0 Å². The molecule has 0 amide bonds. The van der Waals surface area contributed by atoms with Crippen molar-refractivity contribution in [1.29, 1.82) is 0 Å². The zero-order valence-electron chi connectivity index (χ0n) is 11.4. The molecule has 0 aliphatic carbocycles. The van der Waals surface area contributed by atoms with Crippen molar-refractivity contribution in [1.82, 2.24) is 0 Å². The number of benzene rings is 1. The molecule has 0 saturated heterocycles. The third kappa shape index (κ3) is 6.58. The molecule has 2 atom stereocenters. The van der Waals surface area contributed by atoms with Crippen molar-refractivity contribution < 1.29 is 9.84 Å². The van der Waals surface area contributed by atoms with Crippen LogP contribution in [0.5, 0.6) is 0 Å². The quantitative estimate of drug-likeness (QED) is 0.713. The Morgan fingerprint density at radius 2 is 2.00 bits per heavy atom. The van der Waals surface area contributed by atoms with Gasteiger partial charge in [0, 0.05) is 6.61 Å². The predicted octanol–water partition coefficient (Wildman–Crippen LogP) is 3.56. The van der Waals surface area contributed by atoms with Gasteiger partial charge in [0.1, 0.15) is 0 Å². The molecule has 0 radical (unpaired) electrons. The molecule has 0 aliphatic heterocycles. The minimum Gasteiger partial charge on any atom is -0.393 e. The van der Waals surface area contributed by atoms with Crippen LogP contribution in [0.3, 0.4) is 0 Å². The van der Waals surface area contributed by atoms with Gasteiger partial charge in [0.05, 0.1) is 12.7 Å². The van der Waals surface area contributed by atoms with E-state index in [0.717, 1.165) is 12.8 Å². The average molecular weight is 248 g/mol. The highest BCUT2D eigenvalue weighted by Gasteiger charge is 2.09. The molecule has 2 nitrogen and oxygen atoms in total. The van der Waals surface area contributed by atoms with Crippen molar-refractivity contribution >= 4 is 0 Å². The standard InChI is InChI=1S/C16H24O2/c1-3-4-10-16(17)11-14(2)12-18-13-15-8-6-5-7-9-15/h3-9,14,16-17H,10-13H2,1-2H3/b4-3+/t14-,16-/m1/s1. The van der Waals surface area contributed by atoms with Crippen LogP contribution in [0.15, 0.2) is 42.5 Å². The highest BCUT2D eigenvalue weighted by atomic mass is 16.5. The lowest BCUT2D eigenvalue weighted by Crippen LogP contribution is -2.15. The minimum atomic E-state index is -0.253. The molecule has 1 aromatic rings. The largest absolute Gasteiger partial charge is 0.393 e. The molecule has 18 heavy (non-hydrogen) atoms. The van der Waals surface area contributed by atoms with Crippen LogP contribution in [0.2, 0.25) is 0 Å². The molecule has 2 heteroatoms. The maximum atomic E-state index is 9.76. The molecule has 0 spiro atoms. The Bertz CT molecular complexity index is 332. The second-order valence-corrected chi connectivity index (χ2v) is 4.80. The molecule has 0 aliphatic rings. The topological polar surface area (TPSA) is 29.5 Å². The molecule has 0 unspecified atom stereocenters. The number of rotatable bonds is 8. The van der Waals surface area contributed by atoms with Gasteiger partial charge in [-0.1, -0.05) is 49.4 Å². The van der Waals surface area contributed by atoms with E-state index in [1.54, 1.807) is 0 Å². The average Bonchev–Trinajstić information content (AvgIpc) is 2.37. The van der Waals surface area contributed by atoms with E-state index >= 15 is 0 Å². The van der Waals surface area contributed by atoms with Gasteiger partial charge in [-0.3, -0.25) is 0 Å². The highest BCUT2D eigenvalue weighted by molar-refractivity contribution is 5.13. The first-order valence-corrected chi connectivity index (χ1v) is 6.63.